The molecule has 1 atom stereocenters. The molecular formula is C15H20ClFN2O3. The summed E-state index contributed by atoms with van der Waals surface area (Å²) in [5.74, 6) is -1.02. The molecule has 1 unspecified atom stereocenters. The molecule has 0 saturated carbocycles. The van der Waals surface area contributed by atoms with Crippen molar-refractivity contribution in [2.45, 2.75) is 32.2 Å². The first-order chi connectivity index (χ1) is 10.5. The quantitative estimate of drug-likeness (QED) is 0.681. The third-order valence-electron chi connectivity index (χ3n) is 3.05. The molecular weight excluding hydrogens is 311 g/mol. The van der Waals surface area contributed by atoms with E-state index in [9.17, 15) is 19.1 Å². The van der Waals surface area contributed by atoms with E-state index in [-0.39, 0.29) is 36.3 Å². The average molecular weight is 331 g/mol. The zero-order valence-electron chi connectivity index (χ0n) is 12.4. The van der Waals surface area contributed by atoms with Gasteiger partial charge in [-0.25, -0.2) is 4.39 Å². The number of benzene rings is 1. The summed E-state index contributed by atoms with van der Waals surface area (Å²) in [7, 11) is 0. The van der Waals surface area contributed by atoms with Crippen LogP contribution in [0.15, 0.2) is 18.2 Å². The Labute approximate surface area is 133 Å². The molecule has 0 saturated heterocycles. The number of nitrogens with one attached hydrogen (secondary N) is 2. The molecule has 0 aliphatic rings. The molecule has 3 N–H and O–H groups in total. The number of hydrogen-bond donors (Lipinski definition) is 3. The monoisotopic (exact) mass is 330 g/mol. The molecule has 2 amide bonds. The van der Waals surface area contributed by atoms with Crippen LogP contribution in [0.25, 0.3) is 0 Å². The highest BCUT2D eigenvalue weighted by atomic mass is 35.5. The molecule has 0 heterocycles. The summed E-state index contributed by atoms with van der Waals surface area (Å²) in [6, 6.07) is 3.39. The minimum atomic E-state index is -0.705. The minimum absolute atomic E-state index is 0.0197. The summed E-state index contributed by atoms with van der Waals surface area (Å²) in [5, 5.41) is 14.6. The van der Waals surface area contributed by atoms with Gasteiger partial charge in [0.15, 0.2) is 0 Å². The van der Waals surface area contributed by atoms with Gasteiger partial charge in [0.1, 0.15) is 5.82 Å². The van der Waals surface area contributed by atoms with Crippen molar-refractivity contribution in [3.63, 3.8) is 0 Å². The van der Waals surface area contributed by atoms with E-state index in [2.05, 4.69) is 10.6 Å². The van der Waals surface area contributed by atoms with E-state index in [1.165, 1.54) is 12.1 Å². The summed E-state index contributed by atoms with van der Waals surface area (Å²) in [4.78, 5) is 23.1. The zero-order valence-corrected chi connectivity index (χ0v) is 13.1. The number of carbonyl (C=O) groups excluding carboxylic acids is 2. The lowest BCUT2D eigenvalue weighted by molar-refractivity contribution is -0.123. The first-order valence-corrected chi connectivity index (χ1v) is 7.47. The number of aliphatic hydroxyl groups is 1. The van der Waals surface area contributed by atoms with E-state index in [0.29, 0.717) is 18.5 Å². The zero-order chi connectivity index (χ0) is 16.5. The molecule has 0 aliphatic carbocycles. The van der Waals surface area contributed by atoms with E-state index < -0.39 is 11.9 Å². The Balaban J connectivity index is 2.49. The Bertz CT molecular complexity index is 526. The van der Waals surface area contributed by atoms with Crippen molar-refractivity contribution in [1.82, 2.24) is 10.6 Å². The van der Waals surface area contributed by atoms with Crippen LogP contribution in [0.3, 0.4) is 0 Å². The number of amides is 2. The van der Waals surface area contributed by atoms with Crippen molar-refractivity contribution in [2.24, 2.45) is 0 Å². The SMILES string of the molecule is CCNC(=O)CCCC(=O)NC(CO)c1ccc(Cl)c(F)c1. The molecule has 0 aliphatic heterocycles. The van der Waals surface area contributed by atoms with E-state index in [0.717, 1.165) is 0 Å². The third kappa shape index (κ3) is 5.99. The summed E-state index contributed by atoms with van der Waals surface area (Å²) in [6.45, 7) is 2.02. The smallest absolute Gasteiger partial charge is 0.220 e. The second-order valence-corrected chi connectivity index (χ2v) is 5.19. The van der Waals surface area contributed by atoms with Gasteiger partial charge in [-0.15, -0.1) is 0 Å². The van der Waals surface area contributed by atoms with Crippen molar-refractivity contribution < 1.29 is 19.1 Å². The Morgan fingerprint density at radius 2 is 2.00 bits per heavy atom. The lowest BCUT2D eigenvalue weighted by atomic mass is 10.1. The fourth-order valence-electron chi connectivity index (χ4n) is 1.93. The predicted octanol–water partition coefficient (Wildman–Crippen LogP) is 1.94. The van der Waals surface area contributed by atoms with Gasteiger partial charge in [-0.3, -0.25) is 9.59 Å². The van der Waals surface area contributed by atoms with Crippen molar-refractivity contribution in [2.75, 3.05) is 13.2 Å². The molecule has 122 valence electrons. The maximum absolute atomic E-state index is 13.4. The van der Waals surface area contributed by atoms with Crippen LogP contribution in [0.1, 0.15) is 37.8 Å². The van der Waals surface area contributed by atoms with E-state index >= 15 is 0 Å². The summed E-state index contributed by atoms with van der Waals surface area (Å²) in [6.07, 6.45) is 0.828. The number of carbonyl (C=O) groups is 2. The van der Waals surface area contributed by atoms with Crippen LogP contribution < -0.4 is 10.6 Å². The lowest BCUT2D eigenvalue weighted by Crippen LogP contribution is -2.31. The van der Waals surface area contributed by atoms with Gasteiger partial charge in [0.05, 0.1) is 17.7 Å². The maximum atomic E-state index is 13.4. The fourth-order valence-corrected chi connectivity index (χ4v) is 2.04. The van der Waals surface area contributed by atoms with Crippen LogP contribution in [0, 0.1) is 5.82 Å². The third-order valence-corrected chi connectivity index (χ3v) is 3.35. The van der Waals surface area contributed by atoms with E-state index in [1.54, 1.807) is 6.07 Å². The van der Waals surface area contributed by atoms with Gasteiger partial charge in [-0.2, -0.15) is 0 Å². The number of halogens is 2. The highest BCUT2D eigenvalue weighted by Crippen LogP contribution is 2.20. The summed E-state index contributed by atoms with van der Waals surface area (Å²) >= 11 is 5.60. The molecule has 0 aromatic heterocycles. The van der Waals surface area contributed by atoms with Gasteiger partial charge in [0, 0.05) is 19.4 Å². The molecule has 5 nitrogen and oxygen atoms in total. The second-order valence-electron chi connectivity index (χ2n) is 4.78. The standard InChI is InChI=1S/C15H20ClFN2O3/c1-2-18-14(21)4-3-5-15(22)19-13(9-20)10-6-7-11(16)12(17)8-10/h6-8,13,20H,2-5,9H2,1H3,(H,18,21)(H,19,22). The molecule has 1 aromatic rings. The second kappa shape index (κ2) is 9.38. The van der Waals surface area contributed by atoms with Gasteiger partial charge >= 0.3 is 0 Å². The molecule has 1 aromatic carbocycles. The normalized spacial score (nSPS) is 11.8. The summed E-state index contributed by atoms with van der Waals surface area (Å²) < 4.78 is 13.4. The molecule has 22 heavy (non-hydrogen) atoms. The Hall–Kier alpha value is -1.66. The lowest BCUT2D eigenvalue weighted by Gasteiger charge is -2.17. The van der Waals surface area contributed by atoms with Gasteiger partial charge in [-0.05, 0) is 31.0 Å². The number of rotatable bonds is 8. The minimum Gasteiger partial charge on any atom is -0.394 e. The first-order valence-electron chi connectivity index (χ1n) is 7.09. The molecule has 7 heteroatoms. The van der Waals surface area contributed by atoms with Crippen molar-refractivity contribution in [3.8, 4) is 0 Å². The van der Waals surface area contributed by atoms with Crippen LogP contribution in [0.4, 0.5) is 4.39 Å². The van der Waals surface area contributed by atoms with Gasteiger partial charge < -0.3 is 15.7 Å². The Morgan fingerprint density at radius 1 is 1.32 bits per heavy atom. The molecule has 0 fully saturated rings. The van der Waals surface area contributed by atoms with Crippen molar-refractivity contribution >= 4 is 23.4 Å². The number of aliphatic hydroxyl groups excluding tert-OH is 1. The van der Waals surface area contributed by atoms with Crippen LogP contribution >= 0.6 is 11.6 Å². The van der Waals surface area contributed by atoms with Crippen molar-refractivity contribution in [3.05, 3.63) is 34.6 Å². The van der Waals surface area contributed by atoms with Crippen LogP contribution in [-0.2, 0) is 9.59 Å². The number of hydrogen-bond acceptors (Lipinski definition) is 3. The average Bonchev–Trinajstić information content (AvgIpc) is 2.48. The van der Waals surface area contributed by atoms with E-state index in [4.69, 9.17) is 11.6 Å². The fraction of sp³-hybridized carbons (Fsp3) is 0.467. The summed E-state index contributed by atoms with van der Waals surface area (Å²) in [5.41, 5.74) is 0.432. The molecule has 0 radical (unpaired) electrons. The predicted molar refractivity (Wildman–Crippen MR) is 81.9 cm³/mol. The molecule has 0 bridgehead atoms. The first kappa shape index (κ1) is 18.4. The Morgan fingerprint density at radius 3 is 2.59 bits per heavy atom. The van der Waals surface area contributed by atoms with Crippen LogP contribution in [0.5, 0.6) is 0 Å². The van der Waals surface area contributed by atoms with Gasteiger partial charge in [0.2, 0.25) is 11.8 Å². The van der Waals surface area contributed by atoms with Crippen molar-refractivity contribution in [1.29, 1.82) is 0 Å². The Kier molecular flexibility index (Phi) is 7.84. The highest BCUT2D eigenvalue weighted by molar-refractivity contribution is 6.30. The van der Waals surface area contributed by atoms with E-state index in [1.807, 2.05) is 6.92 Å². The van der Waals surface area contributed by atoms with Crippen LogP contribution in [-0.4, -0.2) is 30.1 Å². The highest BCUT2D eigenvalue weighted by Gasteiger charge is 2.15. The van der Waals surface area contributed by atoms with Gasteiger partial charge in [0.25, 0.3) is 0 Å². The largest absolute Gasteiger partial charge is 0.394 e. The molecule has 0 spiro atoms. The maximum Gasteiger partial charge on any atom is 0.220 e. The van der Waals surface area contributed by atoms with Gasteiger partial charge in [-0.1, -0.05) is 17.7 Å². The topological polar surface area (TPSA) is 78.4 Å². The molecule has 1 rings (SSSR count). The van der Waals surface area contributed by atoms with Crippen LogP contribution in [0.2, 0.25) is 5.02 Å².